The van der Waals surface area contributed by atoms with Gasteiger partial charge in [-0.3, -0.25) is 14.9 Å². The van der Waals surface area contributed by atoms with E-state index in [2.05, 4.69) is 79.6 Å². The lowest BCUT2D eigenvalue weighted by molar-refractivity contribution is -0.123. The number of hydrogen-bond donors (Lipinski definition) is 1. The van der Waals surface area contributed by atoms with Crippen LogP contribution >= 0.6 is 0 Å². The molecule has 2 aliphatic heterocycles. The van der Waals surface area contributed by atoms with Crippen LogP contribution in [-0.4, -0.2) is 49.5 Å². The quantitative estimate of drug-likeness (QED) is 0.177. The number of carbonyl (C=O) groups excluding carboxylic acids is 2. The number of ether oxygens (including phenoxy) is 2. The fraction of sp³-hybridized carbons (Fsp3) is 0.265. The smallest absolute Gasteiger partial charge is 0.262 e. The van der Waals surface area contributed by atoms with Gasteiger partial charge in [-0.05, 0) is 34.0 Å². The van der Waals surface area contributed by atoms with E-state index in [1.165, 1.54) is 16.6 Å². The van der Waals surface area contributed by atoms with Crippen LogP contribution in [0.15, 0.2) is 103 Å². The van der Waals surface area contributed by atoms with Crippen molar-refractivity contribution < 1.29 is 23.5 Å². The Balaban J connectivity index is 1.32. The molecule has 220 valence electrons. The molecule has 43 heavy (non-hydrogen) atoms. The number of aromatic nitrogens is 2. The summed E-state index contributed by atoms with van der Waals surface area (Å²) in [6.07, 6.45) is 5.76. The van der Waals surface area contributed by atoms with Crippen molar-refractivity contribution in [3.8, 4) is 0 Å². The van der Waals surface area contributed by atoms with Crippen LogP contribution in [0, 0.1) is 0 Å². The predicted octanol–water partition coefficient (Wildman–Crippen LogP) is 4.30. The van der Waals surface area contributed by atoms with Gasteiger partial charge in [0.05, 0.1) is 11.1 Å². The lowest BCUT2D eigenvalue weighted by Crippen LogP contribution is -2.66. The summed E-state index contributed by atoms with van der Waals surface area (Å²) in [7, 11) is -2.66. The maximum absolute atomic E-state index is 13.1. The molecule has 0 unspecified atom stereocenters. The van der Waals surface area contributed by atoms with E-state index in [9.17, 15) is 9.59 Å². The van der Waals surface area contributed by atoms with Gasteiger partial charge in [-0.25, -0.2) is 4.98 Å². The van der Waals surface area contributed by atoms with Gasteiger partial charge in [0.25, 0.3) is 20.1 Å². The van der Waals surface area contributed by atoms with Gasteiger partial charge in [-0.2, -0.15) is 0 Å². The number of benzene rings is 2. The molecule has 0 bridgehead atoms. The van der Waals surface area contributed by atoms with Gasteiger partial charge in [0.15, 0.2) is 5.76 Å². The Morgan fingerprint density at radius 1 is 0.907 bits per heavy atom. The highest BCUT2D eigenvalue weighted by Gasteiger charge is 2.50. The molecule has 0 aliphatic carbocycles. The Bertz CT molecular complexity index is 1680. The molecule has 4 heterocycles. The molecule has 0 radical (unpaired) electrons. The number of imide groups is 1. The van der Waals surface area contributed by atoms with E-state index in [1.54, 1.807) is 6.20 Å². The SMILES string of the molecule is CC(C)(C)[Si](OCCCn1cc(C2=C(C3=COCCO3)C(=O)NC2=O)c2cccnc21)(c1ccccc1)c1ccccc1. The second kappa shape index (κ2) is 11.7. The summed E-state index contributed by atoms with van der Waals surface area (Å²) in [5, 5.41) is 5.57. The second-order valence-electron chi connectivity index (χ2n) is 11.7. The Hall–Kier alpha value is -4.47. The molecular formula is C34H35N3O5Si. The molecule has 2 aromatic heterocycles. The number of fused-ring (bicyclic) bond motifs is 1. The van der Waals surface area contributed by atoms with Crippen molar-refractivity contribution in [2.75, 3.05) is 19.8 Å². The van der Waals surface area contributed by atoms with E-state index in [0.29, 0.717) is 31.9 Å². The molecule has 9 heteroatoms. The van der Waals surface area contributed by atoms with Crippen LogP contribution in [0.25, 0.3) is 16.6 Å². The number of nitrogens with one attached hydrogen (secondary N) is 1. The summed E-state index contributed by atoms with van der Waals surface area (Å²) in [5.74, 6) is -0.707. The van der Waals surface area contributed by atoms with E-state index < -0.39 is 20.1 Å². The third kappa shape index (κ3) is 5.19. The molecule has 0 spiro atoms. The molecular weight excluding hydrogens is 558 g/mol. The number of carbonyl (C=O) groups is 2. The van der Waals surface area contributed by atoms with Crippen molar-refractivity contribution in [3.05, 3.63) is 108 Å². The topological polar surface area (TPSA) is 91.7 Å². The first kappa shape index (κ1) is 28.6. The van der Waals surface area contributed by atoms with Crippen LogP contribution in [0.5, 0.6) is 0 Å². The van der Waals surface area contributed by atoms with Crippen LogP contribution in [0.4, 0.5) is 0 Å². The van der Waals surface area contributed by atoms with Gasteiger partial charge in [0.1, 0.15) is 25.1 Å². The van der Waals surface area contributed by atoms with Crippen molar-refractivity contribution >= 4 is 47.1 Å². The number of nitrogens with zero attached hydrogens (tertiary/aromatic N) is 2. The van der Waals surface area contributed by atoms with Crippen molar-refractivity contribution in [1.29, 1.82) is 0 Å². The zero-order valence-electron chi connectivity index (χ0n) is 24.6. The first-order chi connectivity index (χ1) is 20.8. The standard InChI is InChI=1S/C34H35N3O5Si/c1-34(2,3)43(24-12-6-4-7-13-24,25-14-8-5-9-15-25)42-19-11-18-37-22-27(26-16-10-17-35-31(26)37)29-30(33(39)36-32(29)38)28-23-40-20-21-41-28/h4-10,12-17,22-23H,11,18-21H2,1-3H3,(H,36,38,39). The third-order valence-corrected chi connectivity index (χ3v) is 13.1. The second-order valence-corrected chi connectivity index (χ2v) is 16.0. The monoisotopic (exact) mass is 593 g/mol. The number of hydrogen-bond acceptors (Lipinski definition) is 6. The number of aryl methyl sites for hydroxylation is 1. The van der Waals surface area contributed by atoms with E-state index in [1.807, 2.05) is 35.0 Å². The molecule has 0 fully saturated rings. The fourth-order valence-electron chi connectivity index (χ4n) is 6.16. The van der Waals surface area contributed by atoms with Crippen molar-refractivity contribution in [2.24, 2.45) is 0 Å². The minimum absolute atomic E-state index is 0.116. The molecule has 2 aliphatic rings. The maximum Gasteiger partial charge on any atom is 0.262 e. The van der Waals surface area contributed by atoms with Gasteiger partial charge >= 0.3 is 0 Å². The lowest BCUT2D eigenvalue weighted by Gasteiger charge is -2.43. The van der Waals surface area contributed by atoms with Gasteiger partial charge in [0.2, 0.25) is 0 Å². The van der Waals surface area contributed by atoms with Crippen LogP contribution in [0.2, 0.25) is 5.04 Å². The summed E-state index contributed by atoms with van der Waals surface area (Å²) >= 11 is 0. The Kier molecular flexibility index (Phi) is 7.77. The zero-order valence-corrected chi connectivity index (χ0v) is 25.6. The molecule has 2 amide bonds. The summed E-state index contributed by atoms with van der Waals surface area (Å²) in [4.78, 5) is 30.5. The summed E-state index contributed by atoms with van der Waals surface area (Å²) < 4.78 is 20.2. The van der Waals surface area contributed by atoms with Gasteiger partial charge in [-0.1, -0.05) is 81.4 Å². The normalized spacial score (nSPS) is 15.7. The van der Waals surface area contributed by atoms with Gasteiger partial charge < -0.3 is 18.5 Å². The van der Waals surface area contributed by atoms with Crippen molar-refractivity contribution in [3.63, 3.8) is 0 Å². The summed E-state index contributed by atoms with van der Waals surface area (Å²) in [6, 6.07) is 24.9. The fourth-order valence-corrected chi connectivity index (χ4v) is 10.8. The molecule has 0 saturated carbocycles. The lowest BCUT2D eigenvalue weighted by atomic mass is 10.0. The molecule has 4 aromatic rings. The van der Waals surface area contributed by atoms with Crippen LogP contribution in [0.1, 0.15) is 32.8 Å². The number of amides is 2. The highest BCUT2D eigenvalue weighted by Crippen LogP contribution is 2.37. The highest BCUT2D eigenvalue weighted by molar-refractivity contribution is 6.99. The van der Waals surface area contributed by atoms with Crippen LogP contribution in [0.3, 0.4) is 0 Å². The Morgan fingerprint density at radius 2 is 1.58 bits per heavy atom. The summed E-state index contributed by atoms with van der Waals surface area (Å²) in [5.41, 5.74) is 1.81. The molecule has 0 atom stereocenters. The maximum atomic E-state index is 13.1. The van der Waals surface area contributed by atoms with E-state index in [0.717, 1.165) is 17.5 Å². The van der Waals surface area contributed by atoms with Crippen molar-refractivity contribution in [2.45, 2.75) is 38.8 Å². The molecule has 6 rings (SSSR count). The highest BCUT2D eigenvalue weighted by atomic mass is 28.4. The average Bonchev–Trinajstić information content (AvgIpc) is 3.53. The van der Waals surface area contributed by atoms with E-state index in [4.69, 9.17) is 13.9 Å². The van der Waals surface area contributed by atoms with E-state index >= 15 is 0 Å². The van der Waals surface area contributed by atoms with E-state index in [-0.39, 0.29) is 21.9 Å². The van der Waals surface area contributed by atoms with Crippen molar-refractivity contribution in [1.82, 2.24) is 14.9 Å². The van der Waals surface area contributed by atoms with Crippen LogP contribution in [-0.2, 0) is 30.0 Å². The first-order valence-corrected chi connectivity index (χ1v) is 16.5. The Labute approximate surface area is 252 Å². The minimum Gasteiger partial charge on any atom is -0.494 e. The summed E-state index contributed by atoms with van der Waals surface area (Å²) in [6.45, 7) is 8.66. The number of pyridine rings is 1. The average molecular weight is 594 g/mol. The number of rotatable bonds is 9. The minimum atomic E-state index is -2.66. The Morgan fingerprint density at radius 3 is 2.21 bits per heavy atom. The van der Waals surface area contributed by atoms with Gasteiger partial charge in [0, 0.05) is 36.5 Å². The van der Waals surface area contributed by atoms with Crippen LogP contribution < -0.4 is 15.7 Å². The molecule has 1 N–H and O–H groups in total. The molecule has 2 aromatic carbocycles. The third-order valence-electron chi connectivity index (χ3n) is 8.01. The van der Waals surface area contributed by atoms with Gasteiger partial charge in [-0.15, -0.1) is 0 Å². The first-order valence-electron chi connectivity index (χ1n) is 14.6. The molecule has 8 nitrogen and oxygen atoms in total. The zero-order chi connectivity index (χ0) is 30.0. The predicted molar refractivity (Wildman–Crippen MR) is 168 cm³/mol. The molecule has 0 saturated heterocycles. The largest absolute Gasteiger partial charge is 0.494 e.